The fourth-order valence-corrected chi connectivity index (χ4v) is 2.32. The fourth-order valence-electron chi connectivity index (χ4n) is 1.94. The molecule has 0 fully saturated rings. The van der Waals surface area contributed by atoms with Gasteiger partial charge in [0, 0.05) is 29.7 Å². The number of ether oxygens (including phenoxy) is 2. The van der Waals surface area contributed by atoms with E-state index in [0.717, 1.165) is 15.8 Å². The van der Waals surface area contributed by atoms with Crippen LogP contribution in [0.5, 0.6) is 11.6 Å². The molecule has 1 amide bonds. The van der Waals surface area contributed by atoms with Crippen LogP contribution >= 0.6 is 15.9 Å². The molecule has 0 aliphatic carbocycles. The van der Waals surface area contributed by atoms with Crippen LogP contribution in [0.1, 0.15) is 18.4 Å². The molecule has 1 N–H and O–H groups in total. The second-order valence-electron chi connectivity index (χ2n) is 4.89. The number of hydrogen-bond acceptors (Lipinski definition) is 4. The van der Waals surface area contributed by atoms with Crippen molar-refractivity contribution in [3.63, 3.8) is 0 Å². The van der Waals surface area contributed by atoms with Crippen molar-refractivity contribution in [2.75, 3.05) is 13.7 Å². The number of halogens is 1. The van der Waals surface area contributed by atoms with Gasteiger partial charge in [0.05, 0.1) is 13.7 Å². The Labute approximate surface area is 144 Å². The van der Waals surface area contributed by atoms with E-state index in [2.05, 4.69) is 26.2 Å². The second-order valence-corrected chi connectivity index (χ2v) is 5.81. The molecule has 2 aromatic rings. The van der Waals surface area contributed by atoms with Crippen molar-refractivity contribution in [3.8, 4) is 11.6 Å². The van der Waals surface area contributed by atoms with Gasteiger partial charge >= 0.3 is 0 Å². The van der Waals surface area contributed by atoms with Gasteiger partial charge in [-0.3, -0.25) is 4.79 Å². The van der Waals surface area contributed by atoms with E-state index in [1.807, 2.05) is 30.3 Å². The summed E-state index contributed by atoms with van der Waals surface area (Å²) in [6.07, 6.45) is 2.75. The molecule has 5 nitrogen and oxygen atoms in total. The number of hydrogen-bond donors (Lipinski definition) is 1. The minimum atomic E-state index is -0.00128. The van der Waals surface area contributed by atoms with E-state index in [0.29, 0.717) is 31.9 Å². The van der Waals surface area contributed by atoms with Crippen molar-refractivity contribution >= 4 is 21.8 Å². The van der Waals surface area contributed by atoms with Gasteiger partial charge in [-0.05, 0) is 36.2 Å². The molecule has 6 heteroatoms. The monoisotopic (exact) mass is 378 g/mol. The van der Waals surface area contributed by atoms with E-state index in [1.165, 1.54) is 0 Å². The number of amides is 1. The van der Waals surface area contributed by atoms with Crippen molar-refractivity contribution in [3.05, 3.63) is 52.6 Å². The zero-order chi connectivity index (χ0) is 16.5. The summed E-state index contributed by atoms with van der Waals surface area (Å²) in [7, 11) is 1.57. The van der Waals surface area contributed by atoms with Crippen molar-refractivity contribution in [1.29, 1.82) is 0 Å². The van der Waals surface area contributed by atoms with Gasteiger partial charge in [-0.15, -0.1) is 0 Å². The number of carbonyl (C=O) groups excluding carboxylic acids is 1. The molecule has 122 valence electrons. The smallest absolute Gasteiger partial charge is 0.220 e. The third kappa shape index (κ3) is 6.28. The summed E-state index contributed by atoms with van der Waals surface area (Å²) in [5, 5.41) is 2.87. The third-order valence-electron chi connectivity index (χ3n) is 3.11. The first-order valence-electron chi connectivity index (χ1n) is 7.31. The summed E-state index contributed by atoms with van der Waals surface area (Å²) in [5.74, 6) is 1.33. The summed E-state index contributed by atoms with van der Waals surface area (Å²) < 4.78 is 11.6. The first kappa shape index (κ1) is 17.3. The summed E-state index contributed by atoms with van der Waals surface area (Å²) in [4.78, 5) is 15.8. The summed E-state index contributed by atoms with van der Waals surface area (Å²) >= 11 is 3.39. The number of carbonyl (C=O) groups is 1. The Bertz CT molecular complexity index is 649. The molecule has 0 unspecified atom stereocenters. The van der Waals surface area contributed by atoms with Gasteiger partial charge in [-0.25, -0.2) is 4.98 Å². The Morgan fingerprint density at radius 3 is 2.96 bits per heavy atom. The number of nitrogens with zero attached hydrogens (tertiary/aromatic N) is 1. The van der Waals surface area contributed by atoms with Gasteiger partial charge in [0.15, 0.2) is 0 Å². The maximum Gasteiger partial charge on any atom is 0.220 e. The molecule has 0 saturated carbocycles. The summed E-state index contributed by atoms with van der Waals surface area (Å²) in [6, 6.07) is 11.3. The van der Waals surface area contributed by atoms with Gasteiger partial charge in [0.1, 0.15) is 5.75 Å². The SMILES string of the molecule is COc1cc(CNC(=O)CCCOc2cccc(Br)c2)ccn1. The van der Waals surface area contributed by atoms with E-state index in [-0.39, 0.29) is 5.91 Å². The van der Waals surface area contributed by atoms with Crippen molar-refractivity contribution < 1.29 is 14.3 Å². The van der Waals surface area contributed by atoms with Crippen LogP contribution in [0.4, 0.5) is 0 Å². The molecule has 0 aliphatic rings. The number of aromatic nitrogens is 1. The molecule has 1 aromatic carbocycles. The zero-order valence-electron chi connectivity index (χ0n) is 12.9. The highest BCUT2D eigenvalue weighted by Crippen LogP contribution is 2.17. The van der Waals surface area contributed by atoms with E-state index in [1.54, 1.807) is 19.4 Å². The second kappa shape index (κ2) is 9.15. The van der Waals surface area contributed by atoms with Gasteiger partial charge < -0.3 is 14.8 Å². The van der Waals surface area contributed by atoms with Crippen LogP contribution in [0.3, 0.4) is 0 Å². The third-order valence-corrected chi connectivity index (χ3v) is 3.60. The van der Waals surface area contributed by atoms with Crippen LogP contribution in [0.25, 0.3) is 0 Å². The molecule has 1 aromatic heterocycles. The van der Waals surface area contributed by atoms with Gasteiger partial charge in [-0.1, -0.05) is 22.0 Å². The van der Waals surface area contributed by atoms with Crippen LogP contribution in [0.2, 0.25) is 0 Å². The Morgan fingerprint density at radius 1 is 1.30 bits per heavy atom. The van der Waals surface area contributed by atoms with E-state index >= 15 is 0 Å². The number of methoxy groups -OCH3 is 1. The molecule has 0 atom stereocenters. The molecular formula is C17H19BrN2O3. The van der Waals surface area contributed by atoms with Crippen molar-refractivity contribution in [1.82, 2.24) is 10.3 Å². The van der Waals surface area contributed by atoms with Crippen LogP contribution in [0, 0.1) is 0 Å². The van der Waals surface area contributed by atoms with Crippen LogP contribution in [0.15, 0.2) is 47.1 Å². The molecule has 2 rings (SSSR count). The first-order valence-corrected chi connectivity index (χ1v) is 8.10. The van der Waals surface area contributed by atoms with Gasteiger partial charge in [0.25, 0.3) is 0 Å². The average molecular weight is 379 g/mol. The van der Waals surface area contributed by atoms with Crippen molar-refractivity contribution in [2.45, 2.75) is 19.4 Å². The molecular weight excluding hydrogens is 360 g/mol. The van der Waals surface area contributed by atoms with E-state index in [9.17, 15) is 4.79 Å². The minimum absolute atomic E-state index is 0.00128. The van der Waals surface area contributed by atoms with Crippen LogP contribution in [-0.2, 0) is 11.3 Å². The van der Waals surface area contributed by atoms with Gasteiger partial charge in [-0.2, -0.15) is 0 Å². The largest absolute Gasteiger partial charge is 0.494 e. The molecule has 1 heterocycles. The molecule has 0 aliphatic heterocycles. The topological polar surface area (TPSA) is 60.5 Å². The number of pyridine rings is 1. The maximum atomic E-state index is 11.8. The van der Waals surface area contributed by atoms with E-state index in [4.69, 9.17) is 9.47 Å². The predicted molar refractivity (Wildman–Crippen MR) is 91.5 cm³/mol. The standard InChI is InChI=1S/C17H19BrN2O3/c1-22-17-10-13(7-8-19-17)12-20-16(21)6-3-9-23-15-5-2-4-14(18)11-15/h2,4-5,7-8,10-11H,3,6,9,12H2,1H3,(H,20,21). The Hall–Kier alpha value is -2.08. The molecule has 23 heavy (non-hydrogen) atoms. The summed E-state index contributed by atoms with van der Waals surface area (Å²) in [6.45, 7) is 0.969. The molecule has 0 radical (unpaired) electrons. The Morgan fingerprint density at radius 2 is 2.17 bits per heavy atom. The van der Waals surface area contributed by atoms with Crippen LogP contribution < -0.4 is 14.8 Å². The lowest BCUT2D eigenvalue weighted by Crippen LogP contribution is -2.23. The first-order chi connectivity index (χ1) is 11.2. The van der Waals surface area contributed by atoms with Crippen molar-refractivity contribution in [2.24, 2.45) is 0 Å². The highest BCUT2D eigenvalue weighted by Gasteiger charge is 2.03. The molecule has 0 spiro atoms. The molecule has 0 bridgehead atoms. The lowest BCUT2D eigenvalue weighted by Gasteiger charge is -2.08. The van der Waals surface area contributed by atoms with Gasteiger partial charge in [0.2, 0.25) is 11.8 Å². The highest BCUT2D eigenvalue weighted by atomic mass is 79.9. The Kier molecular flexibility index (Phi) is 6.87. The average Bonchev–Trinajstić information content (AvgIpc) is 2.57. The molecule has 0 saturated heterocycles. The minimum Gasteiger partial charge on any atom is -0.494 e. The number of benzene rings is 1. The number of rotatable bonds is 8. The normalized spacial score (nSPS) is 10.2. The van der Waals surface area contributed by atoms with Crippen LogP contribution in [-0.4, -0.2) is 24.6 Å². The summed E-state index contributed by atoms with van der Waals surface area (Å²) in [5.41, 5.74) is 0.954. The maximum absolute atomic E-state index is 11.8. The lowest BCUT2D eigenvalue weighted by molar-refractivity contribution is -0.121. The predicted octanol–water partition coefficient (Wildman–Crippen LogP) is 3.33. The number of nitrogens with one attached hydrogen (secondary N) is 1. The Balaban J connectivity index is 1.65. The lowest BCUT2D eigenvalue weighted by atomic mass is 10.2. The quantitative estimate of drug-likeness (QED) is 0.715. The van der Waals surface area contributed by atoms with E-state index < -0.39 is 0 Å². The highest BCUT2D eigenvalue weighted by molar-refractivity contribution is 9.10. The zero-order valence-corrected chi connectivity index (χ0v) is 14.5. The fraction of sp³-hybridized carbons (Fsp3) is 0.294.